The summed E-state index contributed by atoms with van der Waals surface area (Å²) >= 11 is 3.40. The molecule has 0 aliphatic rings. The average Bonchev–Trinajstić information content (AvgIpc) is 2.71. The number of carboxylic acid groups (broad SMARTS) is 1. The normalized spacial score (nSPS) is 10.6. The number of aliphatic carboxylic acids is 1. The molecule has 20 heavy (non-hydrogen) atoms. The summed E-state index contributed by atoms with van der Waals surface area (Å²) in [6.45, 7) is 0. The molecule has 0 bridgehead atoms. The zero-order valence-corrected chi connectivity index (χ0v) is 12.8. The maximum atomic E-state index is 10.7. The van der Waals surface area contributed by atoms with Gasteiger partial charge in [0.1, 0.15) is 16.2 Å². The predicted octanol–water partition coefficient (Wildman–Crippen LogP) is 2.88. The van der Waals surface area contributed by atoms with Crippen molar-refractivity contribution in [3.63, 3.8) is 0 Å². The third-order valence-corrected chi connectivity index (χ3v) is 3.72. The molecule has 0 fully saturated rings. The molecule has 0 amide bonds. The number of rotatable bonds is 5. The van der Waals surface area contributed by atoms with Crippen molar-refractivity contribution in [2.75, 3.05) is 7.11 Å². The summed E-state index contributed by atoms with van der Waals surface area (Å²) in [6, 6.07) is 7.60. The lowest BCUT2D eigenvalue weighted by Gasteiger charge is -2.09. The van der Waals surface area contributed by atoms with Gasteiger partial charge >= 0.3 is 5.97 Å². The van der Waals surface area contributed by atoms with E-state index in [1.165, 1.54) is 0 Å². The number of para-hydroxylation sites is 1. The molecule has 1 N–H and O–H groups in total. The van der Waals surface area contributed by atoms with Crippen LogP contribution in [0.15, 0.2) is 28.9 Å². The van der Waals surface area contributed by atoms with Gasteiger partial charge in [-0.25, -0.2) is 4.98 Å². The van der Waals surface area contributed by atoms with Crippen molar-refractivity contribution >= 4 is 21.9 Å². The van der Waals surface area contributed by atoms with Crippen molar-refractivity contribution in [2.45, 2.75) is 12.8 Å². The smallest absolute Gasteiger partial charge is 0.303 e. The summed E-state index contributed by atoms with van der Waals surface area (Å²) in [5.41, 5.74) is 1.73. The van der Waals surface area contributed by atoms with Gasteiger partial charge in [-0.15, -0.1) is 0 Å². The summed E-state index contributed by atoms with van der Waals surface area (Å²) in [6.07, 6.45) is 0.498. The third kappa shape index (κ3) is 2.85. The molecular weight excluding hydrogens is 324 g/mol. The van der Waals surface area contributed by atoms with Crippen LogP contribution < -0.4 is 4.74 Å². The quantitative estimate of drug-likeness (QED) is 0.910. The highest BCUT2D eigenvalue weighted by atomic mass is 79.9. The first-order valence-corrected chi connectivity index (χ1v) is 6.90. The summed E-state index contributed by atoms with van der Waals surface area (Å²) in [4.78, 5) is 15.2. The molecule has 2 aromatic rings. The SMILES string of the molecule is COc1ccccc1-c1nc(Br)c(CCC(=O)O)n1C. The fourth-order valence-corrected chi connectivity index (χ4v) is 2.70. The second kappa shape index (κ2) is 6.09. The molecular formula is C14H15BrN2O3. The van der Waals surface area contributed by atoms with Crippen LogP contribution in [0, 0.1) is 0 Å². The van der Waals surface area contributed by atoms with E-state index in [9.17, 15) is 4.79 Å². The van der Waals surface area contributed by atoms with Gasteiger partial charge in [0, 0.05) is 13.5 Å². The van der Waals surface area contributed by atoms with E-state index in [1.807, 2.05) is 35.9 Å². The molecule has 0 aliphatic heterocycles. The summed E-state index contributed by atoms with van der Waals surface area (Å²) in [7, 11) is 3.48. The number of benzene rings is 1. The van der Waals surface area contributed by atoms with Crippen LogP contribution in [0.1, 0.15) is 12.1 Å². The summed E-state index contributed by atoms with van der Waals surface area (Å²) < 4.78 is 7.90. The van der Waals surface area contributed by atoms with E-state index < -0.39 is 5.97 Å². The molecule has 106 valence electrons. The number of hydrogen-bond donors (Lipinski definition) is 1. The van der Waals surface area contributed by atoms with Crippen molar-refractivity contribution < 1.29 is 14.6 Å². The fraction of sp³-hybridized carbons (Fsp3) is 0.286. The van der Waals surface area contributed by atoms with Crippen LogP contribution in [0.5, 0.6) is 5.75 Å². The average molecular weight is 339 g/mol. The topological polar surface area (TPSA) is 64.3 Å². The van der Waals surface area contributed by atoms with Gasteiger partial charge in [0.05, 0.1) is 24.8 Å². The Morgan fingerprint density at radius 2 is 2.15 bits per heavy atom. The molecule has 0 spiro atoms. The first-order chi connectivity index (χ1) is 9.54. The minimum Gasteiger partial charge on any atom is -0.496 e. The molecule has 2 rings (SSSR count). The first kappa shape index (κ1) is 14.6. The number of imidazole rings is 1. The largest absolute Gasteiger partial charge is 0.496 e. The summed E-state index contributed by atoms with van der Waals surface area (Å²) in [5.74, 6) is 0.657. The van der Waals surface area contributed by atoms with Gasteiger partial charge in [0.15, 0.2) is 0 Å². The molecule has 0 saturated heterocycles. The van der Waals surface area contributed by atoms with Crippen LogP contribution in [0.3, 0.4) is 0 Å². The predicted molar refractivity (Wildman–Crippen MR) is 78.9 cm³/mol. The molecule has 1 heterocycles. The minimum absolute atomic E-state index is 0.0729. The Balaban J connectivity index is 2.43. The Labute approximate surface area is 125 Å². The second-order valence-corrected chi connectivity index (χ2v) is 5.08. The zero-order chi connectivity index (χ0) is 14.7. The molecule has 0 radical (unpaired) electrons. The van der Waals surface area contributed by atoms with Crippen LogP contribution in [0.4, 0.5) is 0 Å². The van der Waals surface area contributed by atoms with E-state index in [2.05, 4.69) is 20.9 Å². The number of hydrogen-bond acceptors (Lipinski definition) is 3. The monoisotopic (exact) mass is 338 g/mol. The molecule has 0 saturated carbocycles. The molecule has 1 aromatic heterocycles. The Hall–Kier alpha value is -1.82. The van der Waals surface area contributed by atoms with Crippen molar-refractivity contribution in [2.24, 2.45) is 7.05 Å². The van der Waals surface area contributed by atoms with Crippen LogP contribution >= 0.6 is 15.9 Å². The van der Waals surface area contributed by atoms with Gasteiger partial charge in [-0.05, 0) is 28.1 Å². The maximum Gasteiger partial charge on any atom is 0.303 e. The van der Waals surface area contributed by atoms with E-state index in [-0.39, 0.29) is 6.42 Å². The van der Waals surface area contributed by atoms with Crippen LogP contribution in [-0.2, 0) is 18.3 Å². The van der Waals surface area contributed by atoms with Gasteiger partial charge in [0.25, 0.3) is 0 Å². The lowest BCUT2D eigenvalue weighted by molar-refractivity contribution is -0.136. The van der Waals surface area contributed by atoms with Gasteiger partial charge < -0.3 is 14.4 Å². The number of carbonyl (C=O) groups is 1. The number of halogens is 1. The Kier molecular flexibility index (Phi) is 4.44. The standard InChI is InChI=1S/C14H15BrN2O3/c1-17-10(7-8-12(18)19)13(15)16-14(17)9-5-3-4-6-11(9)20-2/h3-6H,7-8H2,1-2H3,(H,18,19). The molecule has 5 nitrogen and oxygen atoms in total. The van der Waals surface area contributed by atoms with E-state index in [4.69, 9.17) is 9.84 Å². The highest BCUT2D eigenvalue weighted by Gasteiger charge is 2.17. The molecule has 1 aromatic carbocycles. The Bertz CT molecular complexity index is 637. The van der Waals surface area contributed by atoms with E-state index in [0.717, 1.165) is 22.8 Å². The van der Waals surface area contributed by atoms with Crippen LogP contribution in [0.25, 0.3) is 11.4 Å². The van der Waals surface area contributed by atoms with Crippen molar-refractivity contribution in [1.29, 1.82) is 0 Å². The molecule has 6 heteroatoms. The molecule has 0 aliphatic carbocycles. The Morgan fingerprint density at radius 3 is 2.80 bits per heavy atom. The van der Waals surface area contributed by atoms with Gasteiger partial charge in [-0.3, -0.25) is 4.79 Å². The van der Waals surface area contributed by atoms with Crippen LogP contribution in [-0.4, -0.2) is 27.7 Å². The highest BCUT2D eigenvalue weighted by Crippen LogP contribution is 2.31. The number of carboxylic acids is 1. The number of aromatic nitrogens is 2. The molecule has 0 atom stereocenters. The van der Waals surface area contributed by atoms with Crippen LogP contribution in [0.2, 0.25) is 0 Å². The molecule has 0 unspecified atom stereocenters. The number of methoxy groups -OCH3 is 1. The van der Waals surface area contributed by atoms with Gasteiger partial charge in [-0.1, -0.05) is 12.1 Å². The van der Waals surface area contributed by atoms with Crippen molar-refractivity contribution in [3.8, 4) is 17.1 Å². The Morgan fingerprint density at radius 1 is 1.45 bits per heavy atom. The highest BCUT2D eigenvalue weighted by molar-refractivity contribution is 9.10. The van der Waals surface area contributed by atoms with E-state index >= 15 is 0 Å². The van der Waals surface area contributed by atoms with Crippen molar-refractivity contribution in [3.05, 3.63) is 34.6 Å². The summed E-state index contributed by atoms with van der Waals surface area (Å²) in [5, 5.41) is 8.80. The minimum atomic E-state index is -0.822. The van der Waals surface area contributed by atoms with Gasteiger partial charge in [-0.2, -0.15) is 0 Å². The van der Waals surface area contributed by atoms with Crippen molar-refractivity contribution in [1.82, 2.24) is 9.55 Å². The van der Waals surface area contributed by atoms with E-state index in [1.54, 1.807) is 7.11 Å². The second-order valence-electron chi connectivity index (χ2n) is 4.33. The number of nitrogens with zero attached hydrogens (tertiary/aromatic N) is 2. The maximum absolute atomic E-state index is 10.7. The third-order valence-electron chi connectivity index (χ3n) is 3.09. The lowest BCUT2D eigenvalue weighted by atomic mass is 10.2. The lowest BCUT2D eigenvalue weighted by Crippen LogP contribution is -2.04. The van der Waals surface area contributed by atoms with Gasteiger partial charge in [0.2, 0.25) is 0 Å². The fourth-order valence-electron chi connectivity index (χ4n) is 2.07. The zero-order valence-electron chi connectivity index (χ0n) is 11.3. The van der Waals surface area contributed by atoms with E-state index in [0.29, 0.717) is 11.0 Å². The number of ether oxygens (including phenoxy) is 1. The first-order valence-electron chi connectivity index (χ1n) is 6.11.